The number of carbonyl (C=O) groups excluding carboxylic acids is 1. The molecule has 118 valence electrons. The molecule has 0 saturated carbocycles. The second-order valence-corrected chi connectivity index (χ2v) is 6.54. The lowest BCUT2D eigenvalue weighted by Gasteiger charge is -2.10. The molecule has 0 fully saturated rings. The maximum Gasteiger partial charge on any atom is 0.230 e. The van der Waals surface area contributed by atoms with Crippen LogP contribution in [0, 0.1) is 5.92 Å². The minimum atomic E-state index is 0.00682. The van der Waals surface area contributed by atoms with Crippen LogP contribution >= 0.6 is 11.8 Å². The zero-order valence-corrected chi connectivity index (χ0v) is 14.0. The molecule has 0 aliphatic carbocycles. The molecular weight excluding hydrogens is 294 g/mol. The molecule has 4 nitrogen and oxygen atoms in total. The highest BCUT2D eigenvalue weighted by molar-refractivity contribution is 7.99. The summed E-state index contributed by atoms with van der Waals surface area (Å²) in [6.45, 7) is 9.46. The number of hydrogen-bond donors (Lipinski definition) is 1. The van der Waals surface area contributed by atoms with Crippen molar-refractivity contribution in [1.29, 1.82) is 0 Å². The smallest absolute Gasteiger partial charge is 0.230 e. The SMILES string of the molecule is C=CCNC(=O)CSc1nc2ccccc2n1CCC(C)C. The van der Waals surface area contributed by atoms with Gasteiger partial charge in [-0.25, -0.2) is 4.98 Å². The molecule has 22 heavy (non-hydrogen) atoms. The van der Waals surface area contributed by atoms with Crippen molar-refractivity contribution in [3.8, 4) is 0 Å². The number of thioether (sulfide) groups is 1. The quantitative estimate of drug-likeness (QED) is 0.599. The number of nitrogens with one attached hydrogen (secondary N) is 1. The van der Waals surface area contributed by atoms with E-state index in [4.69, 9.17) is 0 Å². The second kappa shape index (κ2) is 8.03. The normalized spacial score (nSPS) is 11.0. The molecule has 5 heteroatoms. The summed E-state index contributed by atoms with van der Waals surface area (Å²) in [5.74, 6) is 1.01. The van der Waals surface area contributed by atoms with Gasteiger partial charge in [0.15, 0.2) is 5.16 Å². The van der Waals surface area contributed by atoms with Gasteiger partial charge < -0.3 is 9.88 Å². The van der Waals surface area contributed by atoms with Gasteiger partial charge in [-0.05, 0) is 24.5 Å². The lowest BCUT2D eigenvalue weighted by atomic mass is 10.1. The van der Waals surface area contributed by atoms with Crippen LogP contribution in [-0.2, 0) is 11.3 Å². The largest absolute Gasteiger partial charge is 0.352 e. The van der Waals surface area contributed by atoms with E-state index in [2.05, 4.69) is 41.4 Å². The Kier molecular flexibility index (Phi) is 6.07. The topological polar surface area (TPSA) is 46.9 Å². The Morgan fingerprint density at radius 3 is 2.95 bits per heavy atom. The van der Waals surface area contributed by atoms with Crippen LogP contribution in [0.25, 0.3) is 11.0 Å². The first-order chi connectivity index (χ1) is 10.6. The van der Waals surface area contributed by atoms with Crippen LogP contribution in [0.1, 0.15) is 20.3 Å². The van der Waals surface area contributed by atoms with E-state index in [9.17, 15) is 4.79 Å². The van der Waals surface area contributed by atoms with Crippen LogP contribution in [0.3, 0.4) is 0 Å². The van der Waals surface area contributed by atoms with Gasteiger partial charge in [0.1, 0.15) is 0 Å². The van der Waals surface area contributed by atoms with Crippen LogP contribution in [0.2, 0.25) is 0 Å². The number of nitrogens with zero attached hydrogens (tertiary/aromatic N) is 2. The number of aromatic nitrogens is 2. The van der Waals surface area contributed by atoms with Gasteiger partial charge in [0, 0.05) is 13.1 Å². The molecule has 1 heterocycles. The third-order valence-electron chi connectivity index (χ3n) is 3.33. The molecule has 0 unspecified atom stereocenters. The summed E-state index contributed by atoms with van der Waals surface area (Å²) in [6.07, 6.45) is 2.77. The predicted octanol–water partition coefficient (Wildman–Crippen LogP) is 3.48. The Balaban J connectivity index is 2.14. The third kappa shape index (κ3) is 4.37. The predicted molar refractivity (Wildman–Crippen MR) is 93.1 cm³/mol. The highest BCUT2D eigenvalue weighted by Crippen LogP contribution is 2.25. The van der Waals surface area contributed by atoms with Crippen molar-refractivity contribution >= 4 is 28.7 Å². The van der Waals surface area contributed by atoms with Crippen molar-refractivity contribution < 1.29 is 4.79 Å². The third-order valence-corrected chi connectivity index (χ3v) is 4.30. The van der Waals surface area contributed by atoms with Crippen LogP contribution in [-0.4, -0.2) is 27.8 Å². The van der Waals surface area contributed by atoms with E-state index in [1.165, 1.54) is 11.8 Å². The van der Waals surface area contributed by atoms with Crippen molar-refractivity contribution in [1.82, 2.24) is 14.9 Å². The van der Waals surface area contributed by atoms with Gasteiger partial charge in [-0.2, -0.15) is 0 Å². The molecule has 0 radical (unpaired) electrons. The molecule has 0 atom stereocenters. The number of carbonyl (C=O) groups is 1. The fourth-order valence-electron chi connectivity index (χ4n) is 2.13. The fourth-order valence-corrected chi connectivity index (χ4v) is 3.00. The van der Waals surface area contributed by atoms with Gasteiger partial charge in [-0.15, -0.1) is 6.58 Å². The summed E-state index contributed by atoms with van der Waals surface area (Å²) < 4.78 is 2.22. The first-order valence-electron chi connectivity index (χ1n) is 7.57. The summed E-state index contributed by atoms with van der Waals surface area (Å²) in [7, 11) is 0. The van der Waals surface area contributed by atoms with E-state index >= 15 is 0 Å². The summed E-state index contributed by atoms with van der Waals surface area (Å²) >= 11 is 1.49. The monoisotopic (exact) mass is 317 g/mol. The maximum absolute atomic E-state index is 11.8. The summed E-state index contributed by atoms with van der Waals surface area (Å²) in [5.41, 5.74) is 2.12. The van der Waals surface area contributed by atoms with Crippen molar-refractivity contribution in [2.75, 3.05) is 12.3 Å². The molecule has 0 aliphatic heterocycles. The molecule has 1 amide bonds. The van der Waals surface area contributed by atoms with Crippen LogP contribution in [0.15, 0.2) is 42.1 Å². The number of hydrogen-bond acceptors (Lipinski definition) is 3. The highest BCUT2D eigenvalue weighted by atomic mass is 32.2. The molecule has 1 aromatic carbocycles. The molecule has 0 bridgehead atoms. The van der Waals surface area contributed by atoms with Crippen molar-refractivity contribution in [3.63, 3.8) is 0 Å². The number of amides is 1. The Hall–Kier alpha value is -1.75. The maximum atomic E-state index is 11.8. The van der Waals surface area contributed by atoms with Crippen LogP contribution in [0.5, 0.6) is 0 Å². The van der Waals surface area contributed by atoms with Gasteiger partial charge in [0.05, 0.1) is 16.8 Å². The lowest BCUT2D eigenvalue weighted by molar-refractivity contribution is -0.118. The lowest BCUT2D eigenvalue weighted by Crippen LogP contribution is -2.25. The number of imidazole rings is 1. The molecule has 0 saturated heterocycles. The zero-order chi connectivity index (χ0) is 15.9. The van der Waals surface area contributed by atoms with Crippen LogP contribution < -0.4 is 5.32 Å². The van der Waals surface area contributed by atoms with Gasteiger partial charge in [0.2, 0.25) is 5.91 Å². The van der Waals surface area contributed by atoms with Gasteiger partial charge in [-0.3, -0.25) is 4.79 Å². The van der Waals surface area contributed by atoms with Gasteiger partial charge >= 0.3 is 0 Å². The standard InChI is InChI=1S/C17H23N3OS/c1-4-10-18-16(21)12-22-17-19-14-7-5-6-8-15(14)20(17)11-9-13(2)3/h4-8,13H,1,9-12H2,2-3H3,(H,18,21). The summed E-state index contributed by atoms with van der Waals surface area (Å²) in [5, 5.41) is 3.70. The second-order valence-electron chi connectivity index (χ2n) is 5.60. The van der Waals surface area contributed by atoms with E-state index < -0.39 is 0 Å². The molecule has 2 rings (SSSR count). The summed E-state index contributed by atoms with van der Waals surface area (Å²) in [6, 6.07) is 8.13. The zero-order valence-electron chi connectivity index (χ0n) is 13.2. The van der Waals surface area contributed by atoms with E-state index in [1.54, 1.807) is 6.08 Å². The van der Waals surface area contributed by atoms with E-state index in [-0.39, 0.29) is 5.91 Å². The minimum absolute atomic E-state index is 0.00682. The van der Waals surface area contributed by atoms with Gasteiger partial charge in [-0.1, -0.05) is 43.8 Å². The van der Waals surface area contributed by atoms with Crippen molar-refractivity contribution in [2.24, 2.45) is 5.92 Å². The molecule has 2 aromatic rings. The number of benzene rings is 1. The molecule has 0 aliphatic rings. The number of para-hydroxylation sites is 2. The molecule has 0 spiro atoms. The van der Waals surface area contributed by atoms with Crippen LogP contribution in [0.4, 0.5) is 0 Å². The van der Waals surface area contributed by atoms with Crippen molar-refractivity contribution in [2.45, 2.75) is 32.0 Å². The Bertz CT molecular complexity index is 648. The van der Waals surface area contributed by atoms with E-state index in [0.29, 0.717) is 18.2 Å². The molecular formula is C17H23N3OS. The Labute approximate surface area is 136 Å². The highest BCUT2D eigenvalue weighted by Gasteiger charge is 2.12. The Morgan fingerprint density at radius 1 is 1.45 bits per heavy atom. The fraction of sp³-hybridized carbons (Fsp3) is 0.412. The summed E-state index contributed by atoms with van der Waals surface area (Å²) in [4.78, 5) is 16.4. The number of fused-ring (bicyclic) bond motifs is 1. The van der Waals surface area contributed by atoms with Gasteiger partial charge in [0.25, 0.3) is 0 Å². The number of aryl methyl sites for hydroxylation is 1. The first-order valence-corrected chi connectivity index (χ1v) is 8.56. The van der Waals surface area contributed by atoms with E-state index in [1.807, 2.05) is 18.2 Å². The van der Waals surface area contributed by atoms with E-state index in [0.717, 1.165) is 29.2 Å². The van der Waals surface area contributed by atoms with Crippen molar-refractivity contribution in [3.05, 3.63) is 36.9 Å². The first kappa shape index (κ1) is 16.6. The molecule has 1 N–H and O–H groups in total. The Morgan fingerprint density at radius 2 is 2.23 bits per heavy atom. The number of rotatable bonds is 8. The average Bonchev–Trinajstić information content (AvgIpc) is 2.86. The molecule has 1 aromatic heterocycles. The minimum Gasteiger partial charge on any atom is -0.352 e. The average molecular weight is 317 g/mol.